The van der Waals surface area contributed by atoms with E-state index < -0.39 is 0 Å². The maximum Gasteiger partial charge on any atom is 0.147 e. The van der Waals surface area contributed by atoms with E-state index in [0.717, 1.165) is 51.7 Å². The Balaban J connectivity index is 1.33. The molecular formula is C12H23NO3. The molecule has 1 heterocycles. The van der Waals surface area contributed by atoms with Crippen LogP contribution in [0.4, 0.5) is 0 Å². The maximum atomic E-state index is 5.56. The van der Waals surface area contributed by atoms with Crippen molar-refractivity contribution >= 4 is 0 Å². The summed E-state index contributed by atoms with van der Waals surface area (Å²) in [4.78, 5) is 0. The summed E-state index contributed by atoms with van der Waals surface area (Å²) in [6.45, 7) is 5.10. The Morgan fingerprint density at radius 3 is 2.94 bits per heavy atom. The predicted octanol–water partition coefficient (Wildman–Crippen LogP) is 1.16. The van der Waals surface area contributed by atoms with Crippen LogP contribution in [-0.2, 0) is 14.2 Å². The van der Waals surface area contributed by atoms with Gasteiger partial charge in [0.1, 0.15) is 6.79 Å². The molecule has 0 radical (unpaired) electrons. The Morgan fingerprint density at radius 1 is 1.25 bits per heavy atom. The lowest BCUT2D eigenvalue weighted by molar-refractivity contribution is -0.137. The third-order valence-electron chi connectivity index (χ3n) is 3.04. The Hall–Kier alpha value is -0.160. The zero-order valence-electron chi connectivity index (χ0n) is 9.95. The molecule has 4 nitrogen and oxygen atoms in total. The molecule has 1 N–H and O–H groups in total. The van der Waals surface area contributed by atoms with E-state index in [4.69, 9.17) is 14.2 Å². The lowest BCUT2D eigenvalue weighted by Gasteiger charge is -2.22. The molecule has 0 aromatic heterocycles. The molecule has 1 aliphatic carbocycles. The molecule has 0 spiro atoms. The van der Waals surface area contributed by atoms with Crippen molar-refractivity contribution in [3.63, 3.8) is 0 Å². The molecule has 2 fully saturated rings. The van der Waals surface area contributed by atoms with Gasteiger partial charge in [-0.3, -0.25) is 0 Å². The first-order chi connectivity index (χ1) is 7.95. The van der Waals surface area contributed by atoms with Gasteiger partial charge in [-0.05, 0) is 38.1 Å². The summed E-state index contributed by atoms with van der Waals surface area (Å²) in [5.74, 6) is 0.878. The highest BCUT2D eigenvalue weighted by molar-refractivity contribution is 4.71. The number of rotatable bonds is 8. The highest BCUT2D eigenvalue weighted by Gasteiger charge is 2.20. The van der Waals surface area contributed by atoms with Crippen LogP contribution < -0.4 is 5.32 Å². The van der Waals surface area contributed by atoms with Crippen LogP contribution in [0, 0.1) is 5.92 Å². The number of hydrogen-bond donors (Lipinski definition) is 1. The van der Waals surface area contributed by atoms with Gasteiger partial charge >= 0.3 is 0 Å². The second kappa shape index (κ2) is 7.22. The van der Waals surface area contributed by atoms with E-state index in [2.05, 4.69) is 5.32 Å². The Labute approximate surface area is 97.6 Å². The molecule has 0 bridgehead atoms. The quantitative estimate of drug-likeness (QED) is 0.634. The molecule has 0 aromatic rings. The minimum Gasteiger partial charge on any atom is -0.381 e. The van der Waals surface area contributed by atoms with E-state index in [9.17, 15) is 0 Å². The van der Waals surface area contributed by atoms with Crippen molar-refractivity contribution < 1.29 is 14.2 Å². The van der Waals surface area contributed by atoms with E-state index in [0.29, 0.717) is 12.9 Å². The largest absolute Gasteiger partial charge is 0.381 e. The molecule has 4 heteroatoms. The Kier molecular flexibility index (Phi) is 5.55. The average Bonchev–Trinajstić information content (AvgIpc) is 3.13. The van der Waals surface area contributed by atoms with Crippen LogP contribution in [0.3, 0.4) is 0 Å². The van der Waals surface area contributed by atoms with Gasteiger partial charge in [0.25, 0.3) is 0 Å². The van der Waals surface area contributed by atoms with Crippen molar-refractivity contribution in [3.05, 3.63) is 0 Å². The van der Waals surface area contributed by atoms with Crippen LogP contribution in [0.1, 0.15) is 25.7 Å². The topological polar surface area (TPSA) is 39.7 Å². The first-order valence-corrected chi connectivity index (χ1v) is 6.43. The standard InChI is InChI=1S/C12H23NO3/c1(6-14-9-11-2-3-11)5-13-8-12-4-7-15-10-16-12/h11-13H,1-10H2. The van der Waals surface area contributed by atoms with Crippen molar-refractivity contribution in [1.82, 2.24) is 5.32 Å². The van der Waals surface area contributed by atoms with Crippen LogP contribution in [-0.4, -0.2) is 45.8 Å². The van der Waals surface area contributed by atoms with Gasteiger partial charge in [0.05, 0.1) is 12.7 Å². The number of nitrogens with one attached hydrogen (secondary N) is 1. The molecule has 1 saturated carbocycles. The molecule has 16 heavy (non-hydrogen) atoms. The second-order valence-corrected chi connectivity index (χ2v) is 4.68. The van der Waals surface area contributed by atoms with Gasteiger partial charge in [-0.2, -0.15) is 0 Å². The van der Waals surface area contributed by atoms with Gasteiger partial charge in [-0.15, -0.1) is 0 Å². The van der Waals surface area contributed by atoms with Crippen LogP contribution >= 0.6 is 0 Å². The highest BCUT2D eigenvalue weighted by atomic mass is 16.7. The summed E-state index contributed by atoms with van der Waals surface area (Å²) < 4.78 is 16.1. The molecule has 0 amide bonds. The highest BCUT2D eigenvalue weighted by Crippen LogP contribution is 2.28. The van der Waals surface area contributed by atoms with E-state index in [1.807, 2.05) is 0 Å². The zero-order chi connectivity index (χ0) is 11.1. The summed E-state index contributed by atoms with van der Waals surface area (Å²) >= 11 is 0. The van der Waals surface area contributed by atoms with E-state index in [1.54, 1.807) is 0 Å². The molecule has 94 valence electrons. The molecule has 1 aliphatic heterocycles. The van der Waals surface area contributed by atoms with Gasteiger partial charge in [0.15, 0.2) is 0 Å². The summed E-state index contributed by atoms with van der Waals surface area (Å²) in [5, 5.41) is 3.40. The van der Waals surface area contributed by atoms with Gasteiger partial charge in [0.2, 0.25) is 0 Å². The van der Waals surface area contributed by atoms with Gasteiger partial charge in [-0.25, -0.2) is 0 Å². The molecule has 1 atom stereocenters. The molecule has 1 unspecified atom stereocenters. The Bertz CT molecular complexity index is 179. The van der Waals surface area contributed by atoms with Crippen LogP contribution in [0.25, 0.3) is 0 Å². The van der Waals surface area contributed by atoms with Crippen molar-refractivity contribution in [2.24, 2.45) is 5.92 Å². The van der Waals surface area contributed by atoms with E-state index >= 15 is 0 Å². The van der Waals surface area contributed by atoms with E-state index in [1.165, 1.54) is 12.8 Å². The first-order valence-electron chi connectivity index (χ1n) is 6.43. The van der Waals surface area contributed by atoms with Crippen LogP contribution in [0.5, 0.6) is 0 Å². The molecule has 2 aliphatic rings. The fraction of sp³-hybridized carbons (Fsp3) is 1.00. The third kappa shape index (κ3) is 5.25. The van der Waals surface area contributed by atoms with Crippen LogP contribution in [0.15, 0.2) is 0 Å². The Morgan fingerprint density at radius 2 is 2.19 bits per heavy atom. The molecule has 0 aromatic carbocycles. The van der Waals surface area contributed by atoms with Gasteiger partial charge in [-0.1, -0.05) is 0 Å². The molecule has 1 saturated heterocycles. The normalized spacial score (nSPS) is 25.9. The smallest absolute Gasteiger partial charge is 0.147 e. The summed E-state index contributed by atoms with van der Waals surface area (Å²) in [6.07, 6.45) is 5.18. The summed E-state index contributed by atoms with van der Waals surface area (Å²) in [6, 6.07) is 0. The molecular weight excluding hydrogens is 206 g/mol. The average molecular weight is 229 g/mol. The van der Waals surface area contributed by atoms with Gasteiger partial charge < -0.3 is 19.5 Å². The van der Waals surface area contributed by atoms with Crippen molar-refractivity contribution in [2.75, 3.05) is 39.7 Å². The number of hydrogen-bond acceptors (Lipinski definition) is 4. The van der Waals surface area contributed by atoms with E-state index in [-0.39, 0.29) is 0 Å². The molecule has 2 rings (SSSR count). The fourth-order valence-corrected chi connectivity index (χ4v) is 1.76. The lowest BCUT2D eigenvalue weighted by atomic mass is 10.2. The summed E-state index contributed by atoms with van der Waals surface area (Å²) in [7, 11) is 0. The third-order valence-corrected chi connectivity index (χ3v) is 3.04. The fourth-order valence-electron chi connectivity index (χ4n) is 1.76. The second-order valence-electron chi connectivity index (χ2n) is 4.68. The van der Waals surface area contributed by atoms with Crippen molar-refractivity contribution in [1.29, 1.82) is 0 Å². The predicted molar refractivity (Wildman–Crippen MR) is 61.3 cm³/mol. The minimum absolute atomic E-state index is 0.334. The van der Waals surface area contributed by atoms with Crippen molar-refractivity contribution in [3.8, 4) is 0 Å². The van der Waals surface area contributed by atoms with Crippen molar-refractivity contribution in [2.45, 2.75) is 31.8 Å². The summed E-state index contributed by atoms with van der Waals surface area (Å²) in [5.41, 5.74) is 0. The first kappa shape index (κ1) is 12.3. The SMILES string of the molecule is C(CNCC1CCOCO1)COCC1CC1. The zero-order valence-corrected chi connectivity index (χ0v) is 9.95. The van der Waals surface area contributed by atoms with Gasteiger partial charge in [0, 0.05) is 19.8 Å². The minimum atomic E-state index is 0.334. The maximum absolute atomic E-state index is 5.56. The van der Waals surface area contributed by atoms with Crippen LogP contribution in [0.2, 0.25) is 0 Å². The monoisotopic (exact) mass is 229 g/mol. The lowest BCUT2D eigenvalue weighted by Crippen LogP contribution is -2.34. The number of ether oxygens (including phenoxy) is 3.